The van der Waals surface area contributed by atoms with E-state index in [0.717, 1.165) is 37.5 Å². The van der Waals surface area contributed by atoms with E-state index in [-0.39, 0.29) is 0 Å². The van der Waals surface area contributed by atoms with Crippen molar-refractivity contribution in [1.82, 2.24) is 5.32 Å². The van der Waals surface area contributed by atoms with E-state index < -0.39 is 0 Å². The monoisotopic (exact) mass is 267 g/mol. The largest absolute Gasteiger partial charge is 0.381 e. The van der Waals surface area contributed by atoms with Crippen molar-refractivity contribution in [2.24, 2.45) is 23.2 Å². The number of hydrogen-bond donors (Lipinski definition) is 1. The summed E-state index contributed by atoms with van der Waals surface area (Å²) in [5.74, 6) is 2.97. The van der Waals surface area contributed by atoms with Gasteiger partial charge in [0.25, 0.3) is 0 Å². The normalized spacial score (nSPS) is 32.1. The quantitative estimate of drug-likeness (QED) is 0.641. The zero-order valence-corrected chi connectivity index (χ0v) is 13.2. The Kier molecular flexibility index (Phi) is 5.70. The summed E-state index contributed by atoms with van der Waals surface area (Å²) >= 11 is 0. The molecule has 2 bridgehead atoms. The van der Waals surface area contributed by atoms with Gasteiger partial charge in [-0.3, -0.25) is 0 Å². The molecule has 3 unspecified atom stereocenters. The van der Waals surface area contributed by atoms with Gasteiger partial charge in [-0.2, -0.15) is 0 Å². The minimum absolute atomic E-state index is 0.635. The molecule has 0 radical (unpaired) electrons. The number of ether oxygens (including phenoxy) is 1. The fourth-order valence-corrected chi connectivity index (χ4v) is 4.33. The summed E-state index contributed by atoms with van der Waals surface area (Å²) in [7, 11) is 2.02. The number of unbranched alkanes of at least 4 members (excludes halogenated alkanes) is 2. The zero-order valence-electron chi connectivity index (χ0n) is 13.2. The molecule has 19 heavy (non-hydrogen) atoms. The molecule has 0 saturated heterocycles. The van der Waals surface area contributed by atoms with Gasteiger partial charge in [-0.25, -0.2) is 0 Å². The van der Waals surface area contributed by atoms with Crippen LogP contribution in [0.2, 0.25) is 0 Å². The molecule has 3 aliphatic rings. The fourth-order valence-electron chi connectivity index (χ4n) is 4.33. The van der Waals surface area contributed by atoms with Crippen LogP contribution in [-0.2, 0) is 4.74 Å². The van der Waals surface area contributed by atoms with E-state index in [0.29, 0.717) is 5.41 Å². The molecule has 112 valence electrons. The summed E-state index contributed by atoms with van der Waals surface area (Å²) in [6.07, 6.45) is 9.53. The second-order valence-corrected chi connectivity index (χ2v) is 7.26. The van der Waals surface area contributed by atoms with Crippen molar-refractivity contribution in [1.29, 1.82) is 0 Å². The second kappa shape index (κ2) is 7.08. The molecule has 1 N–H and O–H groups in total. The molecule has 0 aromatic heterocycles. The zero-order chi connectivity index (χ0) is 13.7. The topological polar surface area (TPSA) is 21.3 Å². The molecule has 3 aliphatic carbocycles. The first-order chi connectivity index (χ1) is 9.16. The van der Waals surface area contributed by atoms with Gasteiger partial charge in [0.1, 0.15) is 0 Å². The van der Waals surface area contributed by atoms with Gasteiger partial charge >= 0.3 is 0 Å². The first-order valence-electron chi connectivity index (χ1n) is 8.38. The Hall–Kier alpha value is -0.0800. The minimum Gasteiger partial charge on any atom is -0.381 e. The first-order valence-corrected chi connectivity index (χ1v) is 8.38. The number of rotatable bonds is 9. The van der Waals surface area contributed by atoms with Crippen LogP contribution in [0.5, 0.6) is 0 Å². The van der Waals surface area contributed by atoms with Crippen molar-refractivity contribution in [3.8, 4) is 0 Å². The predicted molar refractivity (Wildman–Crippen MR) is 81.3 cm³/mol. The molecule has 0 aromatic rings. The number of hydrogen-bond acceptors (Lipinski definition) is 2. The first kappa shape index (κ1) is 15.3. The maximum atomic E-state index is 5.83. The van der Waals surface area contributed by atoms with Crippen LogP contribution in [0.1, 0.15) is 58.8 Å². The van der Waals surface area contributed by atoms with E-state index >= 15 is 0 Å². The third kappa shape index (κ3) is 3.72. The van der Waals surface area contributed by atoms with E-state index in [9.17, 15) is 0 Å². The van der Waals surface area contributed by atoms with Crippen LogP contribution in [0, 0.1) is 23.2 Å². The van der Waals surface area contributed by atoms with Crippen LogP contribution in [-0.4, -0.2) is 26.8 Å². The molecule has 3 atom stereocenters. The third-order valence-electron chi connectivity index (χ3n) is 5.85. The van der Waals surface area contributed by atoms with Gasteiger partial charge in [-0.1, -0.05) is 13.8 Å². The molecule has 0 heterocycles. The average molecular weight is 267 g/mol. The van der Waals surface area contributed by atoms with Gasteiger partial charge in [0.05, 0.1) is 0 Å². The molecule has 2 nitrogen and oxygen atoms in total. The molecule has 0 aliphatic heterocycles. The van der Waals surface area contributed by atoms with Gasteiger partial charge in [-0.05, 0) is 81.7 Å². The van der Waals surface area contributed by atoms with Gasteiger partial charge < -0.3 is 10.1 Å². The van der Waals surface area contributed by atoms with Gasteiger partial charge in [0.2, 0.25) is 0 Å². The highest BCUT2D eigenvalue weighted by Crippen LogP contribution is 2.61. The van der Waals surface area contributed by atoms with Crippen molar-refractivity contribution < 1.29 is 4.74 Å². The van der Waals surface area contributed by atoms with Gasteiger partial charge in [0.15, 0.2) is 0 Å². The van der Waals surface area contributed by atoms with Crippen LogP contribution in [0.3, 0.4) is 0 Å². The minimum atomic E-state index is 0.635. The highest BCUT2D eigenvalue weighted by Gasteiger charge is 2.53. The molecule has 3 saturated carbocycles. The van der Waals surface area contributed by atoms with Crippen LogP contribution >= 0.6 is 0 Å². The molecular formula is C17H33NO. The van der Waals surface area contributed by atoms with Crippen molar-refractivity contribution in [3.63, 3.8) is 0 Å². The lowest BCUT2D eigenvalue weighted by Gasteiger charge is -2.60. The standard InChI is InChI=1S/C17H33NO/c1-17(2)15-8-7-14(16(17)13-15)9-12-19-11-6-4-5-10-18-3/h14-16,18H,4-13H2,1-3H3. The van der Waals surface area contributed by atoms with Crippen LogP contribution in [0.4, 0.5) is 0 Å². The average Bonchev–Trinajstić information content (AvgIpc) is 2.41. The molecule has 2 heteroatoms. The molecule has 0 aromatic carbocycles. The van der Waals surface area contributed by atoms with Gasteiger partial charge in [0, 0.05) is 13.2 Å². The molecule has 3 fully saturated rings. The van der Waals surface area contributed by atoms with Crippen LogP contribution in [0.15, 0.2) is 0 Å². The lowest BCUT2D eigenvalue weighted by molar-refractivity contribution is -0.111. The lowest BCUT2D eigenvalue weighted by atomic mass is 9.45. The summed E-state index contributed by atoms with van der Waals surface area (Å²) < 4.78 is 5.83. The van der Waals surface area contributed by atoms with Crippen molar-refractivity contribution >= 4 is 0 Å². The van der Waals surface area contributed by atoms with Crippen molar-refractivity contribution in [2.45, 2.75) is 58.8 Å². The molecular weight excluding hydrogens is 234 g/mol. The predicted octanol–water partition coefficient (Wildman–Crippen LogP) is 3.86. The van der Waals surface area contributed by atoms with Gasteiger partial charge in [-0.15, -0.1) is 0 Å². The van der Waals surface area contributed by atoms with Crippen LogP contribution in [0.25, 0.3) is 0 Å². The highest BCUT2D eigenvalue weighted by molar-refractivity contribution is 5.03. The second-order valence-electron chi connectivity index (χ2n) is 7.26. The van der Waals surface area contributed by atoms with E-state index in [4.69, 9.17) is 4.74 Å². The lowest BCUT2D eigenvalue weighted by Crippen LogP contribution is -2.52. The van der Waals surface area contributed by atoms with Crippen molar-refractivity contribution in [3.05, 3.63) is 0 Å². The summed E-state index contributed by atoms with van der Waals surface area (Å²) in [6.45, 7) is 8.07. The Morgan fingerprint density at radius 2 is 1.95 bits per heavy atom. The Morgan fingerprint density at radius 3 is 2.63 bits per heavy atom. The number of fused-ring (bicyclic) bond motifs is 2. The Bertz CT molecular complexity index is 262. The maximum Gasteiger partial charge on any atom is 0.0468 e. The Balaban J connectivity index is 1.50. The molecule has 3 rings (SSSR count). The number of nitrogens with one attached hydrogen (secondary N) is 1. The Labute approximate surface area is 119 Å². The van der Waals surface area contributed by atoms with E-state index in [1.165, 1.54) is 44.9 Å². The summed E-state index contributed by atoms with van der Waals surface area (Å²) in [4.78, 5) is 0. The molecule has 0 spiro atoms. The van der Waals surface area contributed by atoms with E-state index in [1.807, 2.05) is 7.05 Å². The molecule has 0 amide bonds. The fraction of sp³-hybridized carbons (Fsp3) is 1.00. The van der Waals surface area contributed by atoms with E-state index in [2.05, 4.69) is 19.2 Å². The summed E-state index contributed by atoms with van der Waals surface area (Å²) in [5.41, 5.74) is 0.635. The SMILES string of the molecule is CNCCCCCOCCC1CCC2CC1C2(C)C. The van der Waals surface area contributed by atoms with Crippen LogP contribution < -0.4 is 5.32 Å². The third-order valence-corrected chi connectivity index (χ3v) is 5.85. The van der Waals surface area contributed by atoms with Crippen molar-refractivity contribution in [2.75, 3.05) is 26.8 Å². The van der Waals surface area contributed by atoms with E-state index in [1.54, 1.807) is 0 Å². The Morgan fingerprint density at radius 1 is 1.11 bits per heavy atom. The summed E-state index contributed by atoms with van der Waals surface area (Å²) in [5, 5.41) is 3.19. The smallest absolute Gasteiger partial charge is 0.0468 e. The summed E-state index contributed by atoms with van der Waals surface area (Å²) in [6, 6.07) is 0. The maximum absolute atomic E-state index is 5.83. The highest BCUT2D eigenvalue weighted by atomic mass is 16.5.